The minimum absolute atomic E-state index is 0.440. The molecular weight excluding hydrogens is 446 g/mol. The number of alkyl halides is 2. The second kappa shape index (κ2) is 7.19. The molecule has 138 valence electrons. The van der Waals surface area contributed by atoms with Gasteiger partial charge in [-0.3, -0.25) is 0 Å². The van der Waals surface area contributed by atoms with E-state index in [1.165, 1.54) is 0 Å². The molecule has 0 amide bonds. The molecule has 0 saturated heterocycles. The third kappa shape index (κ3) is 3.58. The number of halogens is 2. The average Bonchev–Trinajstić information content (AvgIpc) is 2.37. The molecule has 0 fully saturated rings. The van der Waals surface area contributed by atoms with Crippen LogP contribution in [0.1, 0.15) is 34.6 Å². The second-order valence-corrected chi connectivity index (χ2v) is 19.9. The van der Waals surface area contributed by atoms with Gasteiger partial charge in [0.05, 0.1) is 0 Å². The summed E-state index contributed by atoms with van der Waals surface area (Å²) in [6, 6.07) is 7.78. The molecule has 7 heteroatoms. The van der Waals surface area contributed by atoms with Crippen LogP contribution in [0.5, 0.6) is 0 Å². The van der Waals surface area contributed by atoms with E-state index in [1.54, 1.807) is 0 Å². The SMILES string of the molecule is CN(C)c1cc[c]([Pd-2]([P](=O)=O)([C](C)(C)C)[C](C)(C)C(Cl)Cl)cc1. The van der Waals surface area contributed by atoms with Crippen molar-refractivity contribution in [3.63, 3.8) is 0 Å². The van der Waals surface area contributed by atoms with Crippen LogP contribution in [-0.4, -0.2) is 18.9 Å². The molecule has 0 spiro atoms. The number of anilines is 1. The molecule has 0 aliphatic rings. The summed E-state index contributed by atoms with van der Waals surface area (Å²) in [5, 5.41) is 0. The van der Waals surface area contributed by atoms with Gasteiger partial charge in [0.1, 0.15) is 0 Å². The maximum absolute atomic E-state index is 12.6. The fourth-order valence-corrected chi connectivity index (χ4v) is 18.8. The summed E-state index contributed by atoms with van der Waals surface area (Å²) in [5.41, 5.74) is 1.03. The molecule has 1 rings (SSSR count). The van der Waals surface area contributed by atoms with Gasteiger partial charge in [0.2, 0.25) is 0 Å². The Morgan fingerprint density at radius 1 is 1.00 bits per heavy atom. The van der Waals surface area contributed by atoms with Crippen LogP contribution in [0.4, 0.5) is 5.69 Å². The Balaban J connectivity index is 3.77. The Hall–Kier alpha value is 0.162. The number of benzene rings is 1. The van der Waals surface area contributed by atoms with Crippen molar-refractivity contribution in [3.05, 3.63) is 24.3 Å². The Morgan fingerprint density at radius 3 is 1.70 bits per heavy atom. The summed E-state index contributed by atoms with van der Waals surface area (Å²) in [7, 11) is 3.91. The van der Waals surface area contributed by atoms with E-state index >= 15 is 0 Å². The minimum atomic E-state index is -3.28. The van der Waals surface area contributed by atoms with Gasteiger partial charge in [-0.1, -0.05) is 0 Å². The third-order valence-electron chi connectivity index (χ3n) is 3.54. The first kappa shape index (κ1) is 21.2. The Labute approximate surface area is 153 Å². The average molecular weight is 473 g/mol. The van der Waals surface area contributed by atoms with Crippen molar-refractivity contribution < 1.29 is 24.2 Å². The summed E-state index contributed by atoms with van der Waals surface area (Å²) in [6.45, 7) is 9.70. The van der Waals surface area contributed by atoms with Crippen LogP contribution < -0.4 is 8.94 Å². The monoisotopic (exact) mass is 471 g/mol. The van der Waals surface area contributed by atoms with Crippen LogP contribution in [0.15, 0.2) is 24.3 Å². The van der Waals surface area contributed by atoms with Gasteiger partial charge >= 0.3 is 153 Å². The fraction of sp³-hybridized carbons (Fsp3) is 0.625. The number of nitrogens with zero attached hydrogens (tertiary/aromatic N) is 1. The van der Waals surface area contributed by atoms with E-state index in [1.807, 2.05) is 77.9 Å². The van der Waals surface area contributed by atoms with Crippen molar-refractivity contribution in [1.29, 1.82) is 0 Å². The Bertz CT molecular complexity index is 614. The van der Waals surface area contributed by atoms with E-state index in [-0.39, 0.29) is 0 Å². The van der Waals surface area contributed by atoms with Gasteiger partial charge in [-0.25, -0.2) is 0 Å². The standard InChI is InChI=1S/C8H10N.C4H7Cl2.C4H9.O2P.Pd/c1-9(2)8-6-4-3-5-7-8;1-3(2)4(5)6;1-4(2)3;1-3-2;/h4-7H,1-2H3;4H,1-2H3;1-3H3;;/q;;;;-2. The molecule has 0 aromatic heterocycles. The molecule has 23 heavy (non-hydrogen) atoms. The van der Waals surface area contributed by atoms with Crippen LogP contribution in [0.2, 0.25) is 7.78 Å². The zero-order valence-electron chi connectivity index (χ0n) is 14.7. The first-order valence-corrected chi connectivity index (χ1v) is 13.4. The van der Waals surface area contributed by atoms with Gasteiger partial charge in [0.25, 0.3) is 0 Å². The van der Waals surface area contributed by atoms with Crippen LogP contribution in [0.25, 0.3) is 0 Å². The van der Waals surface area contributed by atoms with Gasteiger partial charge in [-0.05, 0) is 0 Å². The summed E-state index contributed by atoms with van der Waals surface area (Å²) < 4.78 is 24.9. The quantitative estimate of drug-likeness (QED) is 0.307. The number of rotatable bonds is 5. The van der Waals surface area contributed by atoms with Crippen molar-refractivity contribution in [2.24, 2.45) is 0 Å². The summed E-state index contributed by atoms with van der Waals surface area (Å²) in [6.07, 6.45) is 0. The molecule has 1 unspecified atom stereocenters. The van der Waals surface area contributed by atoms with Gasteiger partial charge in [0, 0.05) is 0 Å². The Kier molecular flexibility index (Phi) is 6.63. The molecule has 1 aromatic rings. The van der Waals surface area contributed by atoms with Gasteiger partial charge in [-0.15, -0.1) is 0 Å². The zero-order chi connectivity index (χ0) is 18.2. The van der Waals surface area contributed by atoms with Crippen LogP contribution in [0.3, 0.4) is 0 Å². The number of hydrogen-bond donors (Lipinski definition) is 0. The molecule has 1 atom stereocenters. The molecule has 0 heterocycles. The molecule has 0 aliphatic carbocycles. The fourth-order valence-electron chi connectivity index (χ4n) is 2.49. The van der Waals surface area contributed by atoms with Gasteiger partial charge in [-0.2, -0.15) is 0 Å². The topological polar surface area (TPSA) is 37.4 Å². The van der Waals surface area contributed by atoms with Crippen molar-refractivity contribution in [2.45, 2.75) is 47.2 Å². The molecular formula is C16H26Cl2NO2PPd-2. The molecule has 3 nitrogen and oxygen atoms in total. The molecule has 0 N–H and O–H groups in total. The molecule has 0 radical (unpaired) electrons. The van der Waals surface area contributed by atoms with Crippen molar-refractivity contribution in [2.75, 3.05) is 19.0 Å². The number of hydrogen-bond acceptors (Lipinski definition) is 3. The predicted molar refractivity (Wildman–Crippen MR) is 97.9 cm³/mol. The van der Waals surface area contributed by atoms with Crippen molar-refractivity contribution in [1.82, 2.24) is 0 Å². The van der Waals surface area contributed by atoms with E-state index in [2.05, 4.69) is 0 Å². The van der Waals surface area contributed by atoms with E-state index in [0.717, 1.165) is 9.72 Å². The van der Waals surface area contributed by atoms with Crippen LogP contribution >= 0.6 is 29.1 Å². The van der Waals surface area contributed by atoms with E-state index in [4.69, 9.17) is 23.2 Å². The molecule has 0 aliphatic heterocycles. The van der Waals surface area contributed by atoms with Gasteiger partial charge < -0.3 is 0 Å². The van der Waals surface area contributed by atoms with Gasteiger partial charge in [0.15, 0.2) is 0 Å². The first-order chi connectivity index (χ1) is 10.3. The molecule has 0 saturated carbocycles. The third-order valence-corrected chi connectivity index (χ3v) is 22.2. The molecule has 0 bridgehead atoms. The maximum atomic E-state index is 12.6. The van der Waals surface area contributed by atoms with E-state index < -0.39 is 33.5 Å². The van der Waals surface area contributed by atoms with E-state index in [9.17, 15) is 9.13 Å². The van der Waals surface area contributed by atoms with Crippen molar-refractivity contribution >= 4 is 38.8 Å². The first-order valence-electron chi connectivity index (χ1n) is 7.15. The summed E-state index contributed by atoms with van der Waals surface area (Å²) in [4.78, 5) is 1.22. The normalized spacial score (nSPS) is 16.8. The summed E-state index contributed by atoms with van der Waals surface area (Å²) in [5.74, 6) is -2.69. The van der Waals surface area contributed by atoms with Crippen LogP contribution in [0, 0.1) is 0 Å². The van der Waals surface area contributed by atoms with E-state index in [0.29, 0.717) is 0 Å². The second-order valence-electron chi connectivity index (χ2n) is 6.73. The zero-order valence-corrected chi connectivity index (χ0v) is 18.6. The van der Waals surface area contributed by atoms with Crippen molar-refractivity contribution in [3.8, 4) is 0 Å². The van der Waals surface area contributed by atoms with Crippen LogP contribution in [-0.2, 0) is 24.2 Å². The predicted octanol–water partition coefficient (Wildman–Crippen LogP) is 5.84. The summed E-state index contributed by atoms with van der Waals surface area (Å²) >= 11 is 9.24. The molecule has 1 aromatic carbocycles. The Morgan fingerprint density at radius 2 is 1.43 bits per heavy atom.